The third-order valence-corrected chi connectivity index (χ3v) is 3.58. The predicted molar refractivity (Wildman–Crippen MR) is 82.7 cm³/mol. The fourth-order valence-corrected chi connectivity index (χ4v) is 2.45. The van der Waals surface area contributed by atoms with Crippen LogP contribution in [0.4, 0.5) is 11.4 Å². The van der Waals surface area contributed by atoms with Crippen molar-refractivity contribution in [1.82, 2.24) is 0 Å². The third kappa shape index (κ3) is 3.28. The highest BCUT2D eigenvalue weighted by Crippen LogP contribution is 2.26. The normalized spacial score (nSPS) is 10.3. The molecule has 0 saturated heterocycles. The number of nitrogens with two attached hydrogens (primary N) is 1. The van der Waals surface area contributed by atoms with Gasteiger partial charge in [0.2, 0.25) is 0 Å². The molecule has 0 heterocycles. The van der Waals surface area contributed by atoms with Gasteiger partial charge in [-0.05, 0) is 58.7 Å². The summed E-state index contributed by atoms with van der Waals surface area (Å²) in [5, 5.41) is 3.42. The summed E-state index contributed by atoms with van der Waals surface area (Å²) < 4.78 is 0.731. The highest BCUT2D eigenvalue weighted by Gasteiger charge is 2.11. The second-order valence-corrected chi connectivity index (χ2v) is 5.44. The number of rotatable bonds is 2. The molecule has 2 aromatic carbocycles. The van der Waals surface area contributed by atoms with Crippen LogP contribution in [-0.4, -0.2) is 5.91 Å². The maximum Gasteiger partial charge on any atom is 0.256 e. The van der Waals surface area contributed by atoms with Gasteiger partial charge in [-0.15, -0.1) is 0 Å². The van der Waals surface area contributed by atoms with Crippen LogP contribution in [0.25, 0.3) is 0 Å². The average Bonchev–Trinajstić information content (AvgIpc) is 2.35. The Morgan fingerprint density at radius 3 is 2.68 bits per heavy atom. The van der Waals surface area contributed by atoms with Gasteiger partial charge < -0.3 is 11.1 Å². The number of aryl methyl sites for hydroxylation is 1. The quantitative estimate of drug-likeness (QED) is 0.804. The first-order chi connectivity index (χ1) is 8.97. The first kappa shape index (κ1) is 13.9. The molecule has 0 unspecified atom stereocenters. The molecule has 2 aromatic rings. The monoisotopic (exact) mass is 338 g/mol. The molecule has 0 aromatic heterocycles. The van der Waals surface area contributed by atoms with E-state index in [0.717, 1.165) is 10.0 Å². The van der Waals surface area contributed by atoms with Gasteiger partial charge in [-0.3, -0.25) is 4.79 Å². The van der Waals surface area contributed by atoms with Gasteiger partial charge >= 0.3 is 0 Å². The minimum Gasteiger partial charge on any atom is -0.399 e. The molecule has 0 fully saturated rings. The highest BCUT2D eigenvalue weighted by atomic mass is 79.9. The molecular weight excluding hydrogens is 328 g/mol. The van der Waals surface area contributed by atoms with Gasteiger partial charge in [-0.1, -0.05) is 17.7 Å². The van der Waals surface area contributed by atoms with Crippen molar-refractivity contribution in [2.75, 3.05) is 11.1 Å². The molecule has 3 nitrogen and oxygen atoms in total. The van der Waals surface area contributed by atoms with E-state index in [1.54, 1.807) is 30.3 Å². The largest absolute Gasteiger partial charge is 0.399 e. The number of benzene rings is 2. The maximum absolute atomic E-state index is 12.2. The number of amides is 1. The molecule has 2 rings (SSSR count). The van der Waals surface area contributed by atoms with Gasteiger partial charge in [0.1, 0.15) is 0 Å². The molecule has 5 heteroatoms. The van der Waals surface area contributed by atoms with Crippen LogP contribution in [0.1, 0.15) is 15.9 Å². The molecule has 98 valence electrons. The first-order valence-corrected chi connectivity index (χ1v) is 6.77. The van der Waals surface area contributed by atoms with E-state index in [4.69, 9.17) is 17.3 Å². The van der Waals surface area contributed by atoms with Crippen LogP contribution in [0.5, 0.6) is 0 Å². The lowest BCUT2D eigenvalue weighted by Gasteiger charge is -2.10. The molecule has 0 aliphatic carbocycles. The molecule has 3 N–H and O–H groups in total. The lowest BCUT2D eigenvalue weighted by atomic mass is 10.1. The van der Waals surface area contributed by atoms with Gasteiger partial charge in [0.25, 0.3) is 5.91 Å². The Hall–Kier alpha value is -1.52. The van der Waals surface area contributed by atoms with E-state index in [0.29, 0.717) is 22.0 Å². The van der Waals surface area contributed by atoms with Crippen molar-refractivity contribution in [3.63, 3.8) is 0 Å². The fraction of sp³-hybridized carbons (Fsp3) is 0.0714. The van der Waals surface area contributed by atoms with Crippen LogP contribution in [-0.2, 0) is 0 Å². The molecule has 1 amide bonds. The van der Waals surface area contributed by atoms with Crippen LogP contribution < -0.4 is 11.1 Å². The number of hydrogen-bond donors (Lipinski definition) is 2. The minimum atomic E-state index is -0.201. The summed E-state index contributed by atoms with van der Waals surface area (Å²) >= 11 is 9.21. The Morgan fingerprint density at radius 1 is 1.26 bits per heavy atom. The zero-order valence-corrected chi connectivity index (χ0v) is 12.5. The molecular formula is C14H12BrClN2O. The summed E-state index contributed by atoms with van der Waals surface area (Å²) in [5.74, 6) is -0.201. The highest BCUT2D eigenvalue weighted by molar-refractivity contribution is 9.10. The Bertz CT molecular complexity index is 643. The number of carbonyl (C=O) groups is 1. The molecule has 0 aliphatic rings. The molecule has 0 aliphatic heterocycles. The van der Waals surface area contributed by atoms with Gasteiger partial charge in [-0.2, -0.15) is 0 Å². The lowest BCUT2D eigenvalue weighted by molar-refractivity contribution is 0.102. The first-order valence-electron chi connectivity index (χ1n) is 5.60. The number of nitrogens with one attached hydrogen (secondary N) is 1. The number of nitrogen functional groups attached to an aromatic ring is 1. The molecule has 0 bridgehead atoms. The molecule has 0 spiro atoms. The van der Waals surface area contributed by atoms with Gasteiger partial charge in [-0.25, -0.2) is 0 Å². The Balaban J connectivity index is 2.28. The fourth-order valence-electron chi connectivity index (χ4n) is 1.66. The van der Waals surface area contributed by atoms with E-state index in [9.17, 15) is 4.79 Å². The van der Waals surface area contributed by atoms with E-state index in [-0.39, 0.29) is 5.91 Å². The van der Waals surface area contributed by atoms with Crippen LogP contribution in [0.3, 0.4) is 0 Å². The van der Waals surface area contributed by atoms with E-state index < -0.39 is 0 Å². The molecule has 19 heavy (non-hydrogen) atoms. The molecule has 0 saturated carbocycles. The third-order valence-electron chi connectivity index (χ3n) is 2.69. The molecule has 0 radical (unpaired) electrons. The Labute approximate surface area is 124 Å². The van der Waals surface area contributed by atoms with E-state index >= 15 is 0 Å². The summed E-state index contributed by atoms with van der Waals surface area (Å²) in [6.07, 6.45) is 0. The summed E-state index contributed by atoms with van der Waals surface area (Å²) in [7, 11) is 0. The number of hydrogen-bond acceptors (Lipinski definition) is 2. The second-order valence-electron chi connectivity index (χ2n) is 4.15. The summed E-state index contributed by atoms with van der Waals surface area (Å²) in [6.45, 7) is 1.87. The number of halogens is 2. The summed E-state index contributed by atoms with van der Waals surface area (Å²) in [5.41, 5.74) is 8.36. The van der Waals surface area contributed by atoms with Crippen molar-refractivity contribution in [2.45, 2.75) is 6.92 Å². The van der Waals surface area contributed by atoms with Gasteiger partial charge in [0.15, 0.2) is 0 Å². The van der Waals surface area contributed by atoms with Crippen LogP contribution in [0.15, 0.2) is 40.9 Å². The van der Waals surface area contributed by atoms with Crippen molar-refractivity contribution in [1.29, 1.82) is 0 Å². The van der Waals surface area contributed by atoms with Crippen molar-refractivity contribution in [3.8, 4) is 0 Å². The number of carbonyl (C=O) groups excluding carboxylic acids is 1. The SMILES string of the molecule is Cc1ccc(N)cc1C(=O)Nc1ccc(Cl)cc1Br. The van der Waals surface area contributed by atoms with Crippen molar-refractivity contribution >= 4 is 44.8 Å². The zero-order valence-electron chi connectivity index (χ0n) is 10.2. The summed E-state index contributed by atoms with van der Waals surface area (Å²) in [6, 6.07) is 10.4. The lowest BCUT2D eigenvalue weighted by Crippen LogP contribution is -2.14. The Kier molecular flexibility index (Phi) is 4.12. The summed E-state index contributed by atoms with van der Waals surface area (Å²) in [4.78, 5) is 12.2. The zero-order chi connectivity index (χ0) is 14.0. The van der Waals surface area contributed by atoms with Gasteiger partial charge in [0.05, 0.1) is 5.69 Å². The minimum absolute atomic E-state index is 0.201. The van der Waals surface area contributed by atoms with Crippen molar-refractivity contribution in [2.24, 2.45) is 0 Å². The Morgan fingerprint density at radius 2 is 2.00 bits per heavy atom. The topological polar surface area (TPSA) is 55.1 Å². The average molecular weight is 340 g/mol. The smallest absolute Gasteiger partial charge is 0.256 e. The standard InChI is InChI=1S/C14H12BrClN2O/c1-8-2-4-10(17)7-11(8)14(19)18-13-5-3-9(16)6-12(13)15/h2-7H,17H2,1H3,(H,18,19). The maximum atomic E-state index is 12.2. The predicted octanol–water partition coefficient (Wildman–Crippen LogP) is 4.25. The van der Waals surface area contributed by atoms with E-state index in [1.165, 1.54) is 0 Å². The van der Waals surface area contributed by atoms with Crippen molar-refractivity contribution < 1.29 is 4.79 Å². The molecule has 0 atom stereocenters. The second kappa shape index (κ2) is 5.63. The van der Waals surface area contributed by atoms with E-state index in [2.05, 4.69) is 21.2 Å². The van der Waals surface area contributed by atoms with Crippen LogP contribution in [0.2, 0.25) is 5.02 Å². The van der Waals surface area contributed by atoms with Crippen LogP contribution in [0, 0.1) is 6.92 Å². The van der Waals surface area contributed by atoms with Crippen LogP contribution >= 0.6 is 27.5 Å². The number of anilines is 2. The van der Waals surface area contributed by atoms with Crippen molar-refractivity contribution in [3.05, 3.63) is 57.0 Å². The van der Waals surface area contributed by atoms with E-state index in [1.807, 2.05) is 13.0 Å². The van der Waals surface area contributed by atoms with Gasteiger partial charge in [0, 0.05) is 20.7 Å².